The second kappa shape index (κ2) is 5.70. The van der Waals surface area contributed by atoms with E-state index in [1.165, 1.54) is 0 Å². The van der Waals surface area contributed by atoms with Crippen LogP contribution in [0.15, 0.2) is 42.5 Å². The molecule has 0 atom stereocenters. The van der Waals surface area contributed by atoms with Gasteiger partial charge in [0.05, 0.1) is 5.02 Å². The number of rotatable bonds is 2. The van der Waals surface area contributed by atoms with Crippen LogP contribution < -0.4 is 5.32 Å². The molecule has 2 aromatic carbocycles. The summed E-state index contributed by atoms with van der Waals surface area (Å²) >= 11 is 6.08. The molecule has 0 bridgehead atoms. The first-order valence-electron chi connectivity index (χ1n) is 6.87. The van der Waals surface area contributed by atoms with Crippen LogP contribution in [0.25, 0.3) is 0 Å². The van der Waals surface area contributed by atoms with Crippen molar-refractivity contribution >= 4 is 29.0 Å². The lowest BCUT2D eigenvalue weighted by atomic mass is 9.98. The van der Waals surface area contributed by atoms with Crippen LogP contribution in [0.3, 0.4) is 0 Å². The highest BCUT2D eigenvalue weighted by molar-refractivity contribution is 6.35. The standard InChI is InChI=1S/C17H14ClNO2/c18-14-6-2-1-5-13(14)17(21)12-8-9-15-11(10-12)4-3-7-16(20)19-15/h1-2,5-6,8-10H,3-4,7H2,(H,19,20). The van der Waals surface area contributed by atoms with Crippen LogP contribution in [0.4, 0.5) is 5.69 Å². The Morgan fingerprint density at radius 1 is 1.10 bits per heavy atom. The molecule has 4 heteroatoms. The molecule has 1 heterocycles. The van der Waals surface area contributed by atoms with Gasteiger partial charge in [0.15, 0.2) is 5.78 Å². The Morgan fingerprint density at radius 3 is 2.71 bits per heavy atom. The third-order valence-electron chi connectivity index (χ3n) is 3.61. The molecule has 0 saturated heterocycles. The van der Waals surface area contributed by atoms with E-state index in [1.54, 1.807) is 36.4 Å². The minimum Gasteiger partial charge on any atom is -0.326 e. The van der Waals surface area contributed by atoms with Gasteiger partial charge in [0.2, 0.25) is 5.91 Å². The van der Waals surface area contributed by atoms with E-state index < -0.39 is 0 Å². The van der Waals surface area contributed by atoms with Gasteiger partial charge in [-0.2, -0.15) is 0 Å². The van der Waals surface area contributed by atoms with E-state index in [9.17, 15) is 9.59 Å². The number of ketones is 1. The van der Waals surface area contributed by atoms with Crippen LogP contribution in [0, 0.1) is 0 Å². The van der Waals surface area contributed by atoms with Crippen LogP contribution in [0.2, 0.25) is 5.02 Å². The van der Waals surface area contributed by atoms with Crippen molar-refractivity contribution in [3.8, 4) is 0 Å². The van der Waals surface area contributed by atoms with Crippen molar-refractivity contribution in [3.05, 3.63) is 64.2 Å². The lowest BCUT2D eigenvalue weighted by Gasteiger charge is -2.09. The lowest BCUT2D eigenvalue weighted by Crippen LogP contribution is -2.09. The van der Waals surface area contributed by atoms with Crippen molar-refractivity contribution in [2.45, 2.75) is 19.3 Å². The molecule has 0 fully saturated rings. The quantitative estimate of drug-likeness (QED) is 0.856. The second-order valence-corrected chi connectivity index (χ2v) is 5.49. The van der Waals surface area contributed by atoms with Gasteiger partial charge in [-0.05, 0) is 48.7 Å². The summed E-state index contributed by atoms with van der Waals surface area (Å²) in [7, 11) is 0. The van der Waals surface area contributed by atoms with Gasteiger partial charge in [0, 0.05) is 23.2 Å². The van der Waals surface area contributed by atoms with Crippen molar-refractivity contribution in [2.75, 3.05) is 5.32 Å². The fraction of sp³-hybridized carbons (Fsp3) is 0.176. The molecule has 1 aliphatic heterocycles. The monoisotopic (exact) mass is 299 g/mol. The highest BCUT2D eigenvalue weighted by Gasteiger charge is 2.17. The predicted molar refractivity (Wildman–Crippen MR) is 82.9 cm³/mol. The third kappa shape index (κ3) is 2.83. The summed E-state index contributed by atoms with van der Waals surface area (Å²) in [6.07, 6.45) is 2.10. The number of carbonyl (C=O) groups is 2. The maximum absolute atomic E-state index is 12.5. The SMILES string of the molecule is O=C1CCCc2cc(C(=O)c3ccccc3Cl)ccc2N1. The Hall–Kier alpha value is -2.13. The minimum atomic E-state index is -0.0982. The first-order valence-corrected chi connectivity index (χ1v) is 7.25. The summed E-state index contributed by atoms with van der Waals surface area (Å²) in [5, 5.41) is 3.31. The molecule has 106 valence electrons. The van der Waals surface area contributed by atoms with Crippen LogP contribution in [0.5, 0.6) is 0 Å². The number of amides is 1. The Morgan fingerprint density at radius 2 is 1.90 bits per heavy atom. The number of nitrogens with one attached hydrogen (secondary N) is 1. The predicted octanol–water partition coefficient (Wildman–Crippen LogP) is 3.85. The number of carbonyl (C=O) groups excluding carboxylic acids is 2. The van der Waals surface area contributed by atoms with Gasteiger partial charge in [-0.25, -0.2) is 0 Å². The second-order valence-electron chi connectivity index (χ2n) is 5.08. The zero-order chi connectivity index (χ0) is 14.8. The molecule has 0 radical (unpaired) electrons. The van der Waals surface area contributed by atoms with Crippen LogP contribution in [-0.2, 0) is 11.2 Å². The molecular formula is C17H14ClNO2. The normalized spacial score (nSPS) is 14.0. The summed E-state index contributed by atoms with van der Waals surface area (Å²) in [6, 6.07) is 12.4. The number of benzene rings is 2. The van der Waals surface area contributed by atoms with Crippen molar-refractivity contribution in [1.29, 1.82) is 0 Å². The molecule has 1 N–H and O–H groups in total. The Labute approximate surface area is 127 Å². The van der Waals surface area contributed by atoms with E-state index in [0.29, 0.717) is 22.6 Å². The van der Waals surface area contributed by atoms with Crippen molar-refractivity contribution in [3.63, 3.8) is 0 Å². The zero-order valence-corrected chi connectivity index (χ0v) is 12.1. The topological polar surface area (TPSA) is 46.2 Å². The fourth-order valence-corrected chi connectivity index (χ4v) is 2.74. The maximum atomic E-state index is 12.5. The molecule has 3 nitrogen and oxygen atoms in total. The number of hydrogen-bond acceptors (Lipinski definition) is 2. The number of aryl methyl sites for hydroxylation is 1. The first-order chi connectivity index (χ1) is 10.1. The maximum Gasteiger partial charge on any atom is 0.224 e. The van der Waals surface area contributed by atoms with Crippen LogP contribution in [0.1, 0.15) is 34.3 Å². The van der Waals surface area contributed by atoms with Gasteiger partial charge >= 0.3 is 0 Å². The van der Waals surface area contributed by atoms with E-state index >= 15 is 0 Å². The van der Waals surface area contributed by atoms with Gasteiger partial charge in [-0.1, -0.05) is 23.7 Å². The van der Waals surface area contributed by atoms with Crippen molar-refractivity contribution in [1.82, 2.24) is 0 Å². The van der Waals surface area contributed by atoms with Gasteiger partial charge < -0.3 is 5.32 Å². The van der Waals surface area contributed by atoms with Gasteiger partial charge in [-0.3, -0.25) is 9.59 Å². The van der Waals surface area contributed by atoms with E-state index in [4.69, 9.17) is 11.6 Å². The summed E-state index contributed by atoms with van der Waals surface area (Å²) in [5.74, 6) is -0.0714. The molecule has 0 unspecified atom stereocenters. The Kier molecular flexibility index (Phi) is 3.76. The van der Waals surface area contributed by atoms with Gasteiger partial charge in [0.25, 0.3) is 0 Å². The Bertz CT molecular complexity index is 724. The van der Waals surface area contributed by atoms with Crippen molar-refractivity contribution in [2.24, 2.45) is 0 Å². The summed E-state index contributed by atoms with van der Waals surface area (Å²) in [6.45, 7) is 0. The fourth-order valence-electron chi connectivity index (χ4n) is 2.52. The number of halogens is 1. The summed E-state index contributed by atoms with van der Waals surface area (Å²) in [4.78, 5) is 24.1. The molecule has 0 saturated carbocycles. The van der Waals surface area contributed by atoms with E-state index in [1.807, 2.05) is 6.07 Å². The largest absolute Gasteiger partial charge is 0.326 e. The lowest BCUT2D eigenvalue weighted by molar-refractivity contribution is -0.116. The molecule has 0 aliphatic carbocycles. The van der Waals surface area contributed by atoms with Gasteiger partial charge in [0.1, 0.15) is 0 Å². The number of anilines is 1. The van der Waals surface area contributed by atoms with Crippen molar-refractivity contribution < 1.29 is 9.59 Å². The molecule has 2 aromatic rings. The van der Waals surface area contributed by atoms with E-state index in [2.05, 4.69) is 5.32 Å². The Balaban J connectivity index is 1.97. The molecular weight excluding hydrogens is 286 g/mol. The van der Waals surface area contributed by atoms with E-state index in [0.717, 1.165) is 24.1 Å². The number of hydrogen-bond donors (Lipinski definition) is 1. The summed E-state index contributed by atoms with van der Waals surface area (Å²) < 4.78 is 0. The molecule has 1 aliphatic rings. The molecule has 1 amide bonds. The molecule has 0 aromatic heterocycles. The zero-order valence-electron chi connectivity index (χ0n) is 11.4. The minimum absolute atomic E-state index is 0.0268. The highest BCUT2D eigenvalue weighted by Crippen LogP contribution is 2.26. The highest BCUT2D eigenvalue weighted by atomic mass is 35.5. The smallest absolute Gasteiger partial charge is 0.224 e. The third-order valence-corrected chi connectivity index (χ3v) is 3.94. The average molecular weight is 300 g/mol. The van der Waals surface area contributed by atoms with Crippen LogP contribution in [-0.4, -0.2) is 11.7 Å². The average Bonchev–Trinajstić information content (AvgIpc) is 2.67. The first kappa shape index (κ1) is 13.8. The van der Waals surface area contributed by atoms with E-state index in [-0.39, 0.29) is 11.7 Å². The molecule has 3 rings (SSSR count). The molecule has 21 heavy (non-hydrogen) atoms. The molecule has 0 spiro atoms. The number of fused-ring (bicyclic) bond motifs is 1. The summed E-state index contributed by atoms with van der Waals surface area (Å²) in [5.41, 5.74) is 2.89. The van der Waals surface area contributed by atoms with Gasteiger partial charge in [-0.15, -0.1) is 0 Å². The van der Waals surface area contributed by atoms with Crippen LogP contribution >= 0.6 is 11.6 Å².